The Morgan fingerprint density at radius 3 is 1.65 bits per heavy atom. The number of benzene rings is 9. The van der Waals surface area contributed by atoms with E-state index in [9.17, 15) is 0 Å². The summed E-state index contributed by atoms with van der Waals surface area (Å²) in [7, 11) is 0. The van der Waals surface area contributed by atoms with Gasteiger partial charge in [-0.15, -0.1) is 0 Å². The molecule has 0 fully saturated rings. The zero-order valence-corrected chi connectivity index (χ0v) is 28.9. The predicted molar refractivity (Wildman–Crippen MR) is 229 cm³/mol. The molecule has 2 nitrogen and oxygen atoms in total. The Morgan fingerprint density at radius 2 is 0.963 bits per heavy atom. The number of nitrogens with zero attached hydrogens (tertiary/aromatic N) is 2. The molecule has 0 radical (unpaired) electrons. The van der Waals surface area contributed by atoms with E-state index in [0.29, 0.717) is 22.5 Å². The average molecular weight is 699 g/mol. The van der Waals surface area contributed by atoms with Gasteiger partial charge in [-0.25, -0.2) is 0 Å². The number of anilines is 3. The summed E-state index contributed by atoms with van der Waals surface area (Å²) in [6.07, 6.45) is 0. The second-order valence-electron chi connectivity index (χ2n) is 13.0. The number of hydrogen-bond donors (Lipinski definition) is 0. The van der Waals surface area contributed by atoms with Crippen LogP contribution in [0.4, 0.5) is 17.1 Å². The zero-order valence-electron chi connectivity index (χ0n) is 38.9. The van der Waals surface area contributed by atoms with Crippen LogP contribution in [0.5, 0.6) is 0 Å². The lowest BCUT2D eigenvalue weighted by Crippen LogP contribution is -2.11. The van der Waals surface area contributed by atoms with E-state index in [0.717, 1.165) is 55.1 Å². The number of aromatic nitrogens is 1. The Balaban J connectivity index is 1.18. The number of fused-ring (bicyclic) bond motifs is 4. The highest BCUT2D eigenvalue weighted by Gasteiger charge is 2.21. The van der Waals surface area contributed by atoms with Crippen molar-refractivity contribution < 1.29 is 13.7 Å². The first-order valence-corrected chi connectivity index (χ1v) is 17.7. The van der Waals surface area contributed by atoms with Crippen molar-refractivity contribution in [2.45, 2.75) is 0 Å². The van der Waals surface area contributed by atoms with Gasteiger partial charge in [0.15, 0.2) is 0 Å². The first-order chi connectivity index (χ1) is 30.9. The van der Waals surface area contributed by atoms with Gasteiger partial charge in [-0.3, -0.25) is 0 Å². The quantitative estimate of drug-likeness (QED) is 0.161. The molecule has 0 N–H and O–H groups in total. The van der Waals surface area contributed by atoms with Crippen LogP contribution in [0.2, 0.25) is 0 Å². The topological polar surface area (TPSA) is 8.17 Å². The second-order valence-corrected chi connectivity index (χ2v) is 13.0. The van der Waals surface area contributed by atoms with Gasteiger partial charge >= 0.3 is 0 Å². The molecule has 0 saturated carbocycles. The molecule has 10 aromatic rings. The van der Waals surface area contributed by atoms with Crippen LogP contribution in [0.3, 0.4) is 0 Å². The molecule has 1 heterocycles. The van der Waals surface area contributed by atoms with Crippen LogP contribution >= 0.6 is 0 Å². The lowest BCUT2D eigenvalue weighted by atomic mass is 9.96. The maximum absolute atomic E-state index is 8.63. The van der Waals surface area contributed by atoms with Gasteiger partial charge in [0.05, 0.1) is 30.4 Å². The minimum Gasteiger partial charge on any atom is -0.310 e. The fourth-order valence-electron chi connectivity index (χ4n) is 7.50. The van der Waals surface area contributed by atoms with Crippen molar-refractivity contribution >= 4 is 49.6 Å². The molecule has 254 valence electrons. The Hall–Kier alpha value is -7.16. The molecule has 0 bridgehead atoms. The lowest BCUT2D eigenvalue weighted by Gasteiger charge is -2.28. The summed E-state index contributed by atoms with van der Waals surface area (Å²) in [6.45, 7) is 0. The van der Waals surface area contributed by atoms with E-state index in [1.807, 2.05) is 54.6 Å². The molecule has 9 aromatic carbocycles. The first kappa shape index (κ1) is 22.7. The molecule has 54 heavy (non-hydrogen) atoms. The molecular weight excluding hydrogens is 653 g/mol. The molecule has 0 spiro atoms. The van der Waals surface area contributed by atoms with E-state index in [4.69, 9.17) is 13.7 Å². The van der Waals surface area contributed by atoms with Gasteiger partial charge in [-0.05, 0) is 93.2 Å². The van der Waals surface area contributed by atoms with E-state index in [1.54, 1.807) is 24.3 Å². The van der Waals surface area contributed by atoms with Crippen LogP contribution in [0.15, 0.2) is 218 Å². The van der Waals surface area contributed by atoms with Crippen molar-refractivity contribution in [3.63, 3.8) is 0 Å². The van der Waals surface area contributed by atoms with Crippen molar-refractivity contribution in [1.29, 1.82) is 0 Å². The predicted octanol–water partition coefficient (Wildman–Crippen LogP) is 14.4. The number of rotatable bonds is 7. The second kappa shape index (κ2) is 13.4. The molecule has 10 rings (SSSR count). The van der Waals surface area contributed by atoms with Gasteiger partial charge in [0.25, 0.3) is 0 Å². The third-order valence-electron chi connectivity index (χ3n) is 9.95. The summed E-state index contributed by atoms with van der Waals surface area (Å²) < 4.78 is 86.2. The van der Waals surface area contributed by atoms with Gasteiger partial charge in [-0.2, -0.15) is 0 Å². The summed E-state index contributed by atoms with van der Waals surface area (Å²) >= 11 is 0. The van der Waals surface area contributed by atoms with E-state index in [2.05, 4.69) is 88.3 Å². The Kier molecular flexibility index (Phi) is 5.65. The van der Waals surface area contributed by atoms with E-state index in [-0.39, 0.29) is 35.3 Å². The molecular formula is C52H36N2. The monoisotopic (exact) mass is 698 g/mol. The van der Waals surface area contributed by atoms with Crippen LogP contribution in [-0.2, 0) is 0 Å². The normalized spacial score (nSPS) is 13.9. The Labute approximate surface area is 329 Å². The molecule has 0 aliphatic heterocycles. The average Bonchev–Trinajstić information content (AvgIpc) is 3.67. The molecule has 1 aromatic heterocycles. The van der Waals surface area contributed by atoms with Gasteiger partial charge in [0.2, 0.25) is 0 Å². The standard InChI is InChI=1S/C52H36N2/c1-3-14-37(15-4-1)40-26-31-43(32-27-40)53(44-33-28-41(29-34-44)38-16-5-2-6-17-38)49-23-11-9-20-46(49)47-22-13-25-51-52(47)48-21-10-12-24-50(48)54(51)45-35-30-39-18-7-8-19-42(39)36-45/h1-36H/i1D,2D,3D,4D,5D,6D,14D,15D,16D,17D. The summed E-state index contributed by atoms with van der Waals surface area (Å²) in [6, 6.07) is 48.3. The van der Waals surface area contributed by atoms with Crippen LogP contribution in [0.25, 0.3) is 71.6 Å². The third kappa shape index (κ3) is 5.53. The van der Waals surface area contributed by atoms with Crippen LogP contribution < -0.4 is 4.90 Å². The van der Waals surface area contributed by atoms with Gasteiger partial charge in [-0.1, -0.05) is 164 Å². The largest absolute Gasteiger partial charge is 0.310 e. The van der Waals surface area contributed by atoms with Crippen molar-refractivity contribution in [3.8, 4) is 39.1 Å². The fraction of sp³-hybridized carbons (Fsp3) is 0. The van der Waals surface area contributed by atoms with Gasteiger partial charge in [0, 0.05) is 33.4 Å². The summed E-state index contributed by atoms with van der Waals surface area (Å²) in [5, 5.41) is 4.43. The SMILES string of the molecule is [2H]c1c([2H])c([2H])c(-c2ccc(N(c3ccc(-c4c([2H])c([2H])c([2H])c([2H])c4[2H])cc3)c3ccccc3-c3cccc4c3c3ccccc3n4-c3ccc4ccccc4c3)cc2)c([2H])c1[2H]. The number of hydrogen-bond acceptors (Lipinski definition) is 1. The fourth-order valence-corrected chi connectivity index (χ4v) is 7.50. The highest BCUT2D eigenvalue weighted by atomic mass is 15.1. The lowest BCUT2D eigenvalue weighted by molar-refractivity contribution is 1.19. The van der Waals surface area contributed by atoms with Crippen LogP contribution in [0.1, 0.15) is 13.7 Å². The molecule has 0 atom stereocenters. The molecule has 0 unspecified atom stereocenters. The maximum atomic E-state index is 8.63. The maximum Gasteiger partial charge on any atom is 0.0629 e. The Bertz CT molecular complexity index is 3340. The van der Waals surface area contributed by atoms with Gasteiger partial charge in [0.1, 0.15) is 0 Å². The van der Waals surface area contributed by atoms with E-state index < -0.39 is 36.3 Å². The summed E-state index contributed by atoms with van der Waals surface area (Å²) in [5.41, 5.74) is 8.34. The molecule has 2 heteroatoms. The first-order valence-electron chi connectivity index (χ1n) is 22.7. The number of para-hydroxylation sites is 2. The minimum absolute atomic E-state index is 0.0990. The molecule has 0 amide bonds. The van der Waals surface area contributed by atoms with Crippen LogP contribution in [-0.4, -0.2) is 4.57 Å². The van der Waals surface area contributed by atoms with Crippen LogP contribution in [0, 0.1) is 0 Å². The summed E-state index contributed by atoms with van der Waals surface area (Å²) in [4.78, 5) is 2.06. The van der Waals surface area contributed by atoms with Crippen molar-refractivity contribution in [1.82, 2.24) is 4.57 Å². The zero-order chi connectivity index (χ0) is 44.6. The molecule has 0 saturated heterocycles. The summed E-state index contributed by atoms with van der Waals surface area (Å²) in [5.74, 6) is 0. The molecule has 0 aliphatic carbocycles. The van der Waals surface area contributed by atoms with Gasteiger partial charge < -0.3 is 9.47 Å². The Morgan fingerprint density at radius 1 is 0.407 bits per heavy atom. The molecule has 0 aliphatic rings. The van der Waals surface area contributed by atoms with Crippen molar-refractivity contribution in [2.75, 3.05) is 4.90 Å². The van der Waals surface area contributed by atoms with E-state index in [1.165, 1.54) is 0 Å². The highest BCUT2D eigenvalue weighted by Crippen LogP contribution is 2.45. The van der Waals surface area contributed by atoms with Crippen molar-refractivity contribution in [3.05, 3.63) is 218 Å². The van der Waals surface area contributed by atoms with E-state index >= 15 is 0 Å². The highest BCUT2D eigenvalue weighted by molar-refractivity contribution is 6.17. The smallest absolute Gasteiger partial charge is 0.0629 e. The van der Waals surface area contributed by atoms with Crippen molar-refractivity contribution in [2.24, 2.45) is 0 Å². The minimum atomic E-state index is -0.458. The third-order valence-corrected chi connectivity index (χ3v) is 9.95.